The molecule has 108 valence electrons. The van der Waals surface area contributed by atoms with Crippen LogP contribution in [0.25, 0.3) is 5.65 Å². The minimum Gasteiger partial charge on any atom is -0.444 e. The maximum Gasteiger partial charge on any atom is 0.407 e. The number of amides is 1. The van der Waals surface area contributed by atoms with Crippen LogP contribution in [0.4, 0.5) is 4.79 Å². The largest absolute Gasteiger partial charge is 0.444 e. The highest BCUT2D eigenvalue weighted by Crippen LogP contribution is 2.09. The van der Waals surface area contributed by atoms with E-state index in [1.165, 1.54) is 0 Å². The lowest BCUT2D eigenvalue weighted by atomic mass is 10.2. The summed E-state index contributed by atoms with van der Waals surface area (Å²) in [6, 6.07) is 3.91. The highest BCUT2D eigenvalue weighted by molar-refractivity contribution is 5.67. The molecule has 2 rings (SSSR count). The molecule has 0 saturated heterocycles. The van der Waals surface area contributed by atoms with Gasteiger partial charge in [-0.15, -0.1) is 0 Å². The van der Waals surface area contributed by atoms with Crippen LogP contribution in [0.5, 0.6) is 0 Å². The van der Waals surface area contributed by atoms with Gasteiger partial charge in [-0.05, 0) is 38.8 Å². The standard InChI is InChI=1S/C15H21N3O2/c1-5-12-10-18-9-11(6-7-13(18)17-12)8-16-14(19)20-15(2,3)4/h6-7,9-10H,5,8H2,1-4H3,(H,16,19). The number of carbonyl (C=O) groups excluding carboxylic acids is 1. The van der Waals surface area contributed by atoms with E-state index in [9.17, 15) is 4.79 Å². The summed E-state index contributed by atoms with van der Waals surface area (Å²) in [5.74, 6) is 0. The van der Waals surface area contributed by atoms with Crippen molar-refractivity contribution >= 4 is 11.7 Å². The van der Waals surface area contributed by atoms with Crippen LogP contribution >= 0.6 is 0 Å². The number of hydrogen-bond donors (Lipinski definition) is 1. The zero-order valence-corrected chi connectivity index (χ0v) is 12.4. The van der Waals surface area contributed by atoms with E-state index in [0.29, 0.717) is 6.54 Å². The van der Waals surface area contributed by atoms with Gasteiger partial charge in [-0.25, -0.2) is 9.78 Å². The van der Waals surface area contributed by atoms with Gasteiger partial charge in [0, 0.05) is 18.9 Å². The topological polar surface area (TPSA) is 55.6 Å². The molecule has 5 nitrogen and oxygen atoms in total. The number of carbonyl (C=O) groups is 1. The van der Waals surface area contributed by atoms with Crippen molar-refractivity contribution in [1.82, 2.24) is 14.7 Å². The van der Waals surface area contributed by atoms with Gasteiger partial charge in [0.2, 0.25) is 0 Å². The quantitative estimate of drug-likeness (QED) is 0.937. The van der Waals surface area contributed by atoms with Crippen LogP contribution in [0.1, 0.15) is 39.0 Å². The fraction of sp³-hybridized carbons (Fsp3) is 0.467. The number of rotatable bonds is 3. The number of fused-ring (bicyclic) bond motifs is 1. The first-order valence-corrected chi connectivity index (χ1v) is 6.81. The summed E-state index contributed by atoms with van der Waals surface area (Å²) < 4.78 is 7.18. The summed E-state index contributed by atoms with van der Waals surface area (Å²) in [7, 11) is 0. The summed E-state index contributed by atoms with van der Waals surface area (Å²) in [5, 5.41) is 2.75. The maximum atomic E-state index is 11.6. The number of pyridine rings is 1. The Balaban J connectivity index is 2.01. The van der Waals surface area contributed by atoms with Crippen molar-refractivity contribution in [2.45, 2.75) is 46.3 Å². The third-order valence-corrected chi connectivity index (χ3v) is 2.76. The molecule has 0 radical (unpaired) electrons. The van der Waals surface area contributed by atoms with Crippen molar-refractivity contribution in [3.05, 3.63) is 35.8 Å². The Bertz CT molecular complexity index is 611. The first kappa shape index (κ1) is 14.4. The van der Waals surface area contributed by atoms with Crippen molar-refractivity contribution < 1.29 is 9.53 Å². The fourth-order valence-electron chi connectivity index (χ4n) is 1.85. The van der Waals surface area contributed by atoms with Crippen LogP contribution < -0.4 is 5.32 Å². The van der Waals surface area contributed by atoms with Gasteiger partial charge < -0.3 is 14.5 Å². The van der Waals surface area contributed by atoms with E-state index in [1.54, 1.807) is 0 Å². The smallest absolute Gasteiger partial charge is 0.407 e. The number of hydrogen-bond acceptors (Lipinski definition) is 3. The summed E-state index contributed by atoms with van der Waals surface area (Å²) in [6.07, 6.45) is 4.48. The lowest BCUT2D eigenvalue weighted by Crippen LogP contribution is -2.32. The molecule has 0 fully saturated rings. The van der Waals surface area contributed by atoms with Gasteiger partial charge in [0.15, 0.2) is 0 Å². The molecular formula is C15H21N3O2. The molecule has 2 aromatic heterocycles. The minimum absolute atomic E-state index is 0.405. The number of aryl methyl sites for hydroxylation is 1. The van der Waals surface area contributed by atoms with E-state index in [4.69, 9.17) is 4.74 Å². The predicted octanol–water partition coefficient (Wildman–Crippen LogP) is 2.92. The first-order valence-electron chi connectivity index (χ1n) is 6.81. The van der Waals surface area contributed by atoms with Gasteiger partial charge in [0.1, 0.15) is 11.2 Å². The molecule has 5 heteroatoms. The molecule has 0 saturated carbocycles. The number of imidazole rings is 1. The first-order chi connectivity index (χ1) is 9.37. The third-order valence-electron chi connectivity index (χ3n) is 2.76. The molecule has 2 aromatic rings. The second-order valence-electron chi connectivity index (χ2n) is 5.74. The van der Waals surface area contributed by atoms with Crippen molar-refractivity contribution in [2.75, 3.05) is 0 Å². The summed E-state index contributed by atoms with van der Waals surface area (Å²) in [4.78, 5) is 16.1. The third kappa shape index (κ3) is 3.73. The predicted molar refractivity (Wildman–Crippen MR) is 77.6 cm³/mol. The van der Waals surface area contributed by atoms with Gasteiger partial charge in [-0.2, -0.15) is 0 Å². The van der Waals surface area contributed by atoms with Gasteiger partial charge >= 0.3 is 6.09 Å². The van der Waals surface area contributed by atoms with Crippen LogP contribution in [0.2, 0.25) is 0 Å². The summed E-state index contributed by atoms with van der Waals surface area (Å²) >= 11 is 0. The van der Waals surface area contributed by atoms with Gasteiger partial charge in [-0.1, -0.05) is 13.0 Å². The molecule has 1 N–H and O–H groups in total. The average molecular weight is 275 g/mol. The molecule has 0 aliphatic rings. The lowest BCUT2D eigenvalue weighted by Gasteiger charge is -2.19. The Kier molecular flexibility index (Phi) is 3.97. The number of aromatic nitrogens is 2. The monoisotopic (exact) mass is 275 g/mol. The average Bonchev–Trinajstić information content (AvgIpc) is 2.76. The van der Waals surface area contributed by atoms with E-state index in [-0.39, 0.29) is 0 Å². The molecular weight excluding hydrogens is 254 g/mol. The van der Waals surface area contributed by atoms with Crippen molar-refractivity contribution in [1.29, 1.82) is 0 Å². The summed E-state index contributed by atoms with van der Waals surface area (Å²) in [5.41, 5.74) is 2.50. The highest BCUT2D eigenvalue weighted by Gasteiger charge is 2.15. The minimum atomic E-state index is -0.478. The molecule has 0 aliphatic heterocycles. The second-order valence-corrected chi connectivity index (χ2v) is 5.74. The zero-order valence-electron chi connectivity index (χ0n) is 12.4. The Morgan fingerprint density at radius 1 is 1.35 bits per heavy atom. The molecule has 0 aliphatic carbocycles. The number of nitrogens with zero attached hydrogens (tertiary/aromatic N) is 2. The molecule has 1 amide bonds. The molecule has 2 heterocycles. The van der Waals surface area contributed by atoms with E-state index >= 15 is 0 Å². The maximum absolute atomic E-state index is 11.6. The van der Waals surface area contributed by atoms with E-state index in [0.717, 1.165) is 23.3 Å². The molecule has 0 unspecified atom stereocenters. The van der Waals surface area contributed by atoms with Crippen LogP contribution in [-0.4, -0.2) is 21.1 Å². The Morgan fingerprint density at radius 2 is 2.10 bits per heavy atom. The van der Waals surface area contributed by atoms with Gasteiger partial charge in [0.25, 0.3) is 0 Å². The van der Waals surface area contributed by atoms with E-state index in [2.05, 4.69) is 17.2 Å². The van der Waals surface area contributed by atoms with Gasteiger partial charge in [-0.3, -0.25) is 0 Å². The Morgan fingerprint density at radius 3 is 2.75 bits per heavy atom. The number of nitrogens with one attached hydrogen (secondary N) is 1. The Labute approximate surface area is 119 Å². The fourth-order valence-corrected chi connectivity index (χ4v) is 1.85. The second kappa shape index (κ2) is 5.53. The molecule has 0 spiro atoms. The van der Waals surface area contributed by atoms with E-state index < -0.39 is 11.7 Å². The molecule has 0 atom stereocenters. The van der Waals surface area contributed by atoms with Crippen molar-refractivity contribution in [3.63, 3.8) is 0 Å². The van der Waals surface area contributed by atoms with E-state index in [1.807, 2.05) is 49.7 Å². The van der Waals surface area contributed by atoms with Crippen LogP contribution in [0.3, 0.4) is 0 Å². The number of alkyl carbamates (subject to hydrolysis) is 1. The van der Waals surface area contributed by atoms with Crippen LogP contribution in [-0.2, 0) is 17.7 Å². The van der Waals surface area contributed by atoms with Crippen molar-refractivity contribution in [3.8, 4) is 0 Å². The summed E-state index contributed by atoms with van der Waals surface area (Å²) in [6.45, 7) is 8.04. The molecule has 20 heavy (non-hydrogen) atoms. The zero-order chi connectivity index (χ0) is 14.8. The highest BCUT2D eigenvalue weighted by atomic mass is 16.6. The van der Waals surface area contributed by atoms with Gasteiger partial charge in [0.05, 0.1) is 5.69 Å². The lowest BCUT2D eigenvalue weighted by molar-refractivity contribution is 0.0523. The number of ether oxygens (including phenoxy) is 1. The van der Waals surface area contributed by atoms with Crippen LogP contribution in [0, 0.1) is 0 Å². The SMILES string of the molecule is CCc1cn2cc(CNC(=O)OC(C)(C)C)ccc2n1. The molecule has 0 bridgehead atoms. The Hall–Kier alpha value is -2.04. The van der Waals surface area contributed by atoms with Crippen LogP contribution in [0.15, 0.2) is 24.5 Å². The normalized spacial score (nSPS) is 11.6. The van der Waals surface area contributed by atoms with Crippen molar-refractivity contribution in [2.24, 2.45) is 0 Å². The molecule has 0 aromatic carbocycles.